The van der Waals surface area contributed by atoms with Gasteiger partial charge in [-0.25, -0.2) is 0 Å². The highest BCUT2D eigenvalue weighted by Gasteiger charge is 2.27. The molecule has 2 amide bonds. The Balaban J connectivity index is 1.64. The Labute approximate surface area is 143 Å². The maximum absolute atomic E-state index is 12.4. The van der Waals surface area contributed by atoms with Crippen LogP contribution in [-0.4, -0.2) is 35.8 Å². The highest BCUT2D eigenvalue weighted by atomic mass is 16.2. The second-order valence-corrected chi connectivity index (χ2v) is 7.01. The molecule has 1 aliphatic carbocycles. The maximum atomic E-state index is 12.4. The Kier molecular flexibility index (Phi) is 5.51. The zero-order valence-electron chi connectivity index (χ0n) is 14.4. The number of carbonyl (C=O) groups excluding carboxylic acids is 2. The summed E-state index contributed by atoms with van der Waals surface area (Å²) in [6, 6.07) is 8.20. The standard InChI is InChI=1S/C19H27N3O2/c1-22(15-8-3-2-4-9-15)13-14-7-5-6-10-16(14)21-19(24)17-11-12-18(23)20-17/h5-7,10,15,17H,2-4,8-9,11-13H2,1H3,(H,20,23)(H,21,24)/t17-/m0/s1. The molecule has 3 rings (SSSR count). The summed E-state index contributed by atoms with van der Waals surface area (Å²) in [5.74, 6) is -0.158. The first-order valence-corrected chi connectivity index (χ1v) is 9.02. The number of hydrogen-bond acceptors (Lipinski definition) is 3. The summed E-state index contributed by atoms with van der Waals surface area (Å²) in [4.78, 5) is 26.1. The molecule has 1 heterocycles. The zero-order chi connectivity index (χ0) is 16.9. The largest absolute Gasteiger partial charge is 0.344 e. The van der Waals surface area contributed by atoms with Crippen molar-refractivity contribution in [1.82, 2.24) is 10.2 Å². The number of nitrogens with one attached hydrogen (secondary N) is 2. The van der Waals surface area contributed by atoms with Crippen molar-refractivity contribution in [3.05, 3.63) is 29.8 Å². The molecule has 0 radical (unpaired) electrons. The van der Waals surface area contributed by atoms with Crippen molar-refractivity contribution in [2.24, 2.45) is 0 Å². The molecule has 2 aliphatic rings. The van der Waals surface area contributed by atoms with Gasteiger partial charge in [0.2, 0.25) is 11.8 Å². The van der Waals surface area contributed by atoms with Gasteiger partial charge in [0, 0.05) is 24.7 Å². The molecule has 5 heteroatoms. The number of para-hydroxylation sites is 1. The van der Waals surface area contributed by atoms with Crippen molar-refractivity contribution < 1.29 is 9.59 Å². The van der Waals surface area contributed by atoms with Crippen molar-refractivity contribution >= 4 is 17.5 Å². The molecule has 5 nitrogen and oxygen atoms in total. The SMILES string of the molecule is CN(Cc1ccccc1NC(=O)[C@@H]1CCC(=O)N1)C1CCCCC1. The number of nitrogens with zero attached hydrogens (tertiary/aromatic N) is 1. The molecule has 0 spiro atoms. The van der Waals surface area contributed by atoms with Crippen LogP contribution in [0, 0.1) is 0 Å². The maximum Gasteiger partial charge on any atom is 0.246 e. The molecule has 24 heavy (non-hydrogen) atoms. The van der Waals surface area contributed by atoms with E-state index in [9.17, 15) is 9.59 Å². The van der Waals surface area contributed by atoms with Gasteiger partial charge < -0.3 is 10.6 Å². The van der Waals surface area contributed by atoms with E-state index >= 15 is 0 Å². The Morgan fingerprint density at radius 1 is 1.21 bits per heavy atom. The van der Waals surface area contributed by atoms with Crippen molar-refractivity contribution in [3.8, 4) is 0 Å². The van der Waals surface area contributed by atoms with E-state index in [2.05, 4.69) is 28.6 Å². The topological polar surface area (TPSA) is 61.4 Å². The van der Waals surface area contributed by atoms with E-state index in [1.54, 1.807) is 0 Å². The minimum absolute atomic E-state index is 0.0412. The molecular weight excluding hydrogens is 302 g/mol. The van der Waals surface area contributed by atoms with Crippen molar-refractivity contribution in [2.75, 3.05) is 12.4 Å². The van der Waals surface area contributed by atoms with Crippen LogP contribution in [0.1, 0.15) is 50.5 Å². The van der Waals surface area contributed by atoms with Crippen LogP contribution in [0.4, 0.5) is 5.69 Å². The van der Waals surface area contributed by atoms with Crippen LogP contribution in [-0.2, 0) is 16.1 Å². The fraction of sp³-hybridized carbons (Fsp3) is 0.579. The van der Waals surface area contributed by atoms with E-state index in [4.69, 9.17) is 0 Å². The summed E-state index contributed by atoms with van der Waals surface area (Å²) in [6.07, 6.45) is 7.52. The first-order valence-electron chi connectivity index (χ1n) is 9.02. The molecule has 0 aromatic heterocycles. The van der Waals surface area contributed by atoms with Gasteiger partial charge in [-0.3, -0.25) is 14.5 Å². The lowest BCUT2D eigenvalue weighted by atomic mass is 9.94. The van der Waals surface area contributed by atoms with Crippen molar-refractivity contribution in [1.29, 1.82) is 0 Å². The van der Waals surface area contributed by atoms with Gasteiger partial charge >= 0.3 is 0 Å². The summed E-state index contributed by atoms with van der Waals surface area (Å²) < 4.78 is 0. The predicted molar refractivity (Wildman–Crippen MR) is 94.6 cm³/mol. The molecule has 0 bridgehead atoms. The van der Waals surface area contributed by atoms with Gasteiger partial charge in [-0.1, -0.05) is 37.5 Å². The average molecular weight is 329 g/mol. The van der Waals surface area contributed by atoms with E-state index in [1.165, 1.54) is 32.1 Å². The summed E-state index contributed by atoms with van der Waals surface area (Å²) in [7, 11) is 2.17. The highest BCUT2D eigenvalue weighted by Crippen LogP contribution is 2.25. The first-order chi connectivity index (χ1) is 11.6. The van der Waals surface area contributed by atoms with Crippen LogP contribution in [0.2, 0.25) is 0 Å². The fourth-order valence-corrected chi connectivity index (χ4v) is 3.73. The Hall–Kier alpha value is -1.88. The van der Waals surface area contributed by atoms with Gasteiger partial charge in [0.15, 0.2) is 0 Å². The normalized spacial score (nSPS) is 21.8. The zero-order valence-corrected chi connectivity index (χ0v) is 14.4. The highest BCUT2D eigenvalue weighted by molar-refractivity contribution is 5.99. The molecule has 130 valence electrons. The second kappa shape index (κ2) is 7.79. The van der Waals surface area contributed by atoms with Crippen LogP contribution in [0.25, 0.3) is 0 Å². The molecular formula is C19H27N3O2. The number of hydrogen-bond donors (Lipinski definition) is 2. The second-order valence-electron chi connectivity index (χ2n) is 7.01. The molecule has 1 saturated heterocycles. The van der Waals surface area contributed by atoms with Gasteiger partial charge in [0.1, 0.15) is 6.04 Å². The Morgan fingerprint density at radius 2 is 1.96 bits per heavy atom. The van der Waals surface area contributed by atoms with Crippen LogP contribution in [0.5, 0.6) is 0 Å². The Morgan fingerprint density at radius 3 is 2.67 bits per heavy atom. The van der Waals surface area contributed by atoms with Crippen LogP contribution < -0.4 is 10.6 Å². The molecule has 1 aromatic rings. The third kappa shape index (κ3) is 4.15. The van der Waals surface area contributed by atoms with Crippen molar-refractivity contribution in [3.63, 3.8) is 0 Å². The number of carbonyl (C=O) groups is 2. The average Bonchev–Trinajstić information content (AvgIpc) is 3.04. The monoisotopic (exact) mass is 329 g/mol. The number of rotatable bonds is 5. The Bertz CT molecular complexity index is 596. The predicted octanol–water partition coefficient (Wildman–Crippen LogP) is 2.67. The minimum Gasteiger partial charge on any atom is -0.344 e. The molecule has 1 saturated carbocycles. The fourth-order valence-electron chi connectivity index (χ4n) is 3.73. The lowest BCUT2D eigenvalue weighted by Gasteiger charge is -2.31. The van der Waals surface area contributed by atoms with Crippen LogP contribution in [0.15, 0.2) is 24.3 Å². The van der Waals surface area contributed by atoms with E-state index in [-0.39, 0.29) is 11.8 Å². The van der Waals surface area contributed by atoms with Crippen LogP contribution >= 0.6 is 0 Å². The molecule has 1 aliphatic heterocycles. The molecule has 2 fully saturated rings. The van der Waals surface area contributed by atoms with Crippen LogP contribution in [0.3, 0.4) is 0 Å². The summed E-state index contributed by atoms with van der Waals surface area (Å²) >= 11 is 0. The van der Waals surface area contributed by atoms with E-state index in [0.29, 0.717) is 18.9 Å². The number of amides is 2. The van der Waals surface area contributed by atoms with E-state index in [0.717, 1.165) is 17.8 Å². The summed E-state index contributed by atoms with van der Waals surface area (Å²) in [6.45, 7) is 0.831. The smallest absolute Gasteiger partial charge is 0.246 e. The lowest BCUT2D eigenvalue weighted by molar-refractivity contribution is -0.122. The third-order valence-electron chi connectivity index (χ3n) is 5.20. The summed E-state index contributed by atoms with van der Waals surface area (Å²) in [5.41, 5.74) is 1.98. The quantitative estimate of drug-likeness (QED) is 0.873. The number of benzene rings is 1. The van der Waals surface area contributed by atoms with Gasteiger partial charge in [-0.05, 0) is 37.9 Å². The molecule has 2 N–H and O–H groups in total. The number of anilines is 1. The minimum atomic E-state index is -0.401. The van der Waals surface area contributed by atoms with Crippen molar-refractivity contribution in [2.45, 2.75) is 63.6 Å². The van der Waals surface area contributed by atoms with E-state index < -0.39 is 6.04 Å². The molecule has 1 aromatic carbocycles. The molecule has 1 atom stereocenters. The van der Waals surface area contributed by atoms with Gasteiger partial charge in [0.25, 0.3) is 0 Å². The van der Waals surface area contributed by atoms with Gasteiger partial charge in [-0.2, -0.15) is 0 Å². The first kappa shape index (κ1) is 17.0. The van der Waals surface area contributed by atoms with E-state index in [1.807, 2.05) is 18.2 Å². The third-order valence-corrected chi connectivity index (χ3v) is 5.20. The van der Waals surface area contributed by atoms with Gasteiger partial charge in [-0.15, -0.1) is 0 Å². The lowest BCUT2D eigenvalue weighted by Crippen LogP contribution is -2.37. The molecule has 0 unspecified atom stereocenters. The van der Waals surface area contributed by atoms with Gasteiger partial charge in [0.05, 0.1) is 0 Å². The summed E-state index contributed by atoms with van der Waals surface area (Å²) in [5, 5.41) is 5.73.